The van der Waals surface area contributed by atoms with Crippen LogP contribution in [0.3, 0.4) is 0 Å². The fourth-order valence-electron chi connectivity index (χ4n) is 9.31. The summed E-state index contributed by atoms with van der Waals surface area (Å²) >= 11 is 0. The van der Waals surface area contributed by atoms with Gasteiger partial charge in [-0.15, -0.1) is 0 Å². The number of rotatable bonds is 5. The molecule has 2 aliphatic rings. The van der Waals surface area contributed by atoms with Crippen molar-refractivity contribution >= 4 is 33.2 Å². The molecule has 0 bridgehead atoms. The monoisotopic (exact) mass is 723 g/mol. The average Bonchev–Trinajstić information content (AvgIpc) is 3.98. The van der Waals surface area contributed by atoms with E-state index in [1.165, 1.54) is 44.2 Å². The minimum absolute atomic E-state index is 0.952. The molecular formula is C54H33N3. The van der Waals surface area contributed by atoms with Crippen LogP contribution < -0.4 is 10.7 Å². The van der Waals surface area contributed by atoms with E-state index in [2.05, 4.69) is 199 Å². The van der Waals surface area contributed by atoms with Crippen LogP contribution >= 0.6 is 0 Å². The summed E-state index contributed by atoms with van der Waals surface area (Å²) in [6, 6.07) is 69.8. The summed E-state index contributed by atoms with van der Waals surface area (Å²) in [5.74, 6) is 0. The van der Waals surface area contributed by atoms with Crippen molar-refractivity contribution in [3.63, 3.8) is 0 Å². The van der Waals surface area contributed by atoms with Gasteiger partial charge in [0.1, 0.15) is 0 Å². The average molecular weight is 724 g/mol. The van der Waals surface area contributed by atoms with Crippen molar-refractivity contribution in [1.29, 1.82) is 0 Å². The summed E-state index contributed by atoms with van der Waals surface area (Å²) in [4.78, 5) is 14.6. The van der Waals surface area contributed by atoms with Crippen molar-refractivity contribution in [2.24, 2.45) is 9.98 Å². The van der Waals surface area contributed by atoms with Gasteiger partial charge in [0.05, 0.1) is 27.6 Å². The number of benzene rings is 9. The minimum atomic E-state index is 0.952. The van der Waals surface area contributed by atoms with E-state index in [9.17, 15) is 0 Å². The topological polar surface area (TPSA) is 40.5 Å². The van der Waals surface area contributed by atoms with Crippen LogP contribution in [0.15, 0.2) is 204 Å². The zero-order chi connectivity index (χ0) is 37.5. The van der Waals surface area contributed by atoms with Crippen molar-refractivity contribution in [1.82, 2.24) is 4.98 Å². The quantitative estimate of drug-likeness (QED) is 0.184. The van der Waals surface area contributed by atoms with Crippen LogP contribution in [-0.2, 0) is 0 Å². The Morgan fingerprint density at radius 2 is 0.947 bits per heavy atom. The number of hydrogen-bond acceptors (Lipinski definition) is 2. The molecule has 3 heteroatoms. The van der Waals surface area contributed by atoms with Gasteiger partial charge in [-0.2, -0.15) is 0 Å². The lowest BCUT2D eigenvalue weighted by atomic mass is 9.80. The lowest BCUT2D eigenvalue weighted by Gasteiger charge is -2.22. The largest absolute Gasteiger partial charge is 0.354 e. The predicted molar refractivity (Wildman–Crippen MR) is 234 cm³/mol. The number of aromatic nitrogens is 1. The van der Waals surface area contributed by atoms with Gasteiger partial charge < -0.3 is 4.98 Å². The van der Waals surface area contributed by atoms with E-state index in [1.807, 2.05) is 0 Å². The Morgan fingerprint density at radius 3 is 1.75 bits per heavy atom. The van der Waals surface area contributed by atoms with Crippen molar-refractivity contribution in [3.8, 4) is 66.8 Å². The smallest absolute Gasteiger partial charge is 0.0817 e. The second-order valence-corrected chi connectivity index (χ2v) is 14.9. The highest BCUT2D eigenvalue weighted by molar-refractivity contribution is 6.18. The van der Waals surface area contributed by atoms with Crippen LogP contribution in [-0.4, -0.2) is 4.98 Å². The van der Waals surface area contributed by atoms with Gasteiger partial charge in [0, 0.05) is 49.0 Å². The lowest BCUT2D eigenvalue weighted by molar-refractivity contribution is 1.36. The molecule has 0 aliphatic carbocycles. The van der Waals surface area contributed by atoms with Crippen LogP contribution in [0.5, 0.6) is 0 Å². The molecule has 3 nitrogen and oxygen atoms in total. The van der Waals surface area contributed by atoms with Gasteiger partial charge in [0.25, 0.3) is 0 Å². The maximum absolute atomic E-state index is 5.35. The highest BCUT2D eigenvalue weighted by Crippen LogP contribution is 2.54. The van der Waals surface area contributed by atoms with E-state index in [4.69, 9.17) is 9.98 Å². The van der Waals surface area contributed by atoms with Crippen molar-refractivity contribution in [2.45, 2.75) is 0 Å². The zero-order valence-corrected chi connectivity index (χ0v) is 30.9. The van der Waals surface area contributed by atoms with Crippen LogP contribution in [0.4, 0.5) is 11.4 Å². The molecule has 0 radical (unpaired) electrons. The number of para-hydroxylation sites is 2. The van der Waals surface area contributed by atoms with Gasteiger partial charge in [-0.3, -0.25) is 0 Å². The number of nitrogens with one attached hydrogen (secondary N) is 1. The van der Waals surface area contributed by atoms with Crippen molar-refractivity contribution in [2.75, 3.05) is 0 Å². The molecule has 264 valence electrons. The minimum Gasteiger partial charge on any atom is -0.354 e. The molecule has 1 N–H and O–H groups in total. The third kappa shape index (κ3) is 4.79. The Balaban J connectivity index is 1.25. The molecule has 9 aromatic carbocycles. The first kappa shape index (κ1) is 31.7. The molecule has 57 heavy (non-hydrogen) atoms. The molecule has 10 aromatic rings. The van der Waals surface area contributed by atoms with Crippen molar-refractivity contribution < 1.29 is 0 Å². The first-order valence-corrected chi connectivity index (χ1v) is 19.5. The van der Waals surface area contributed by atoms with Gasteiger partial charge in [-0.05, 0) is 74.8 Å². The standard InChI is InChI=1S/C54H33N3/c1-3-15-33(16-4-1)35-19-7-8-20-37(35)38-21-9-10-24-41(38)49-44(30-32-47-51(49)52-48(55-47)31-29-43-40-23-12-14-26-46(40)57-54(43)52)50-36(34-17-5-2-6-18-34)27-28-42-39-22-11-13-25-45(39)56-53(42)50/h1-32,56H. The first-order chi connectivity index (χ1) is 28.3. The molecule has 3 heterocycles. The molecule has 1 aromatic heterocycles. The molecule has 0 saturated carbocycles. The second kappa shape index (κ2) is 12.5. The molecule has 0 spiro atoms. The molecule has 0 amide bonds. The van der Waals surface area contributed by atoms with E-state index in [0.717, 1.165) is 76.9 Å². The Bertz CT molecular complexity index is 3510. The van der Waals surface area contributed by atoms with Gasteiger partial charge in [-0.1, -0.05) is 164 Å². The SMILES string of the molecule is c1ccc(-c2ccccc2-c2ccccc2-c2c(-c3c(-c4ccccc4)ccc4c3[nH]c3ccccc34)ccc3c2-c2c4c(ccc2=N3)=c2ccccc2=N4)cc1. The molecule has 2 aliphatic heterocycles. The third-order valence-corrected chi connectivity index (χ3v) is 11.8. The maximum atomic E-state index is 5.35. The number of fused-ring (bicyclic) bond motifs is 9. The molecular weight excluding hydrogens is 691 g/mol. The Morgan fingerprint density at radius 1 is 0.316 bits per heavy atom. The lowest BCUT2D eigenvalue weighted by Crippen LogP contribution is -2.02. The molecule has 0 fully saturated rings. The van der Waals surface area contributed by atoms with Crippen LogP contribution in [0.1, 0.15) is 0 Å². The Kier molecular flexibility index (Phi) is 6.93. The number of nitrogens with zero attached hydrogens (tertiary/aromatic N) is 2. The third-order valence-electron chi connectivity index (χ3n) is 11.8. The van der Waals surface area contributed by atoms with Gasteiger partial charge >= 0.3 is 0 Å². The predicted octanol–water partition coefficient (Wildman–Crippen LogP) is 13.1. The van der Waals surface area contributed by atoms with Gasteiger partial charge in [0.2, 0.25) is 0 Å². The summed E-state index contributed by atoms with van der Waals surface area (Å²) in [5, 5.41) is 6.67. The zero-order valence-electron chi connectivity index (χ0n) is 30.9. The highest BCUT2D eigenvalue weighted by atomic mass is 14.8. The summed E-state index contributed by atoms with van der Waals surface area (Å²) in [6.45, 7) is 0. The second-order valence-electron chi connectivity index (χ2n) is 14.9. The van der Waals surface area contributed by atoms with E-state index >= 15 is 0 Å². The Labute approximate surface area is 328 Å². The van der Waals surface area contributed by atoms with Crippen LogP contribution in [0, 0.1) is 10.4 Å². The summed E-state index contributed by atoms with van der Waals surface area (Å²) < 4.78 is 0. The first-order valence-electron chi connectivity index (χ1n) is 19.5. The molecule has 0 unspecified atom stereocenters. The van der Waals surface area contributed by atoms with E-state index in [0.29, 0.717) is 0 Å². The molecule has 0 saturated heterocycles. The fourth-order valence-corrected chi connectivity index (χ4v) is 9.31. The van der Waals surface area contributed by atoms with Crippen LogP contribution in [0.2, 0.25) is 0 Å². The normalized spacial score (nSPS) is 12.1. The number of aromatic amines is 1. The maximum Gasteiger partial charge on any atom is 0.0817 e. The Hall–Kier alpha value is -7.62. The van der Waals surface area contributed by atoms with E-state index in [1.54, 1.807) is 0 Å². The number of H-pyrrole nitrogens is 1. The van der Waals surface area contributed by atoms with E-state index in [-0.39, 0.29) is 0 Å². The van der Waals surface area contributed by atoms with Gasteiger partial charge in [0.15, 0.2) is 0 Å². The number of hydrogen-bond donors (Lipinski definition) is 1. The summed E-state index contributed by atoms with van der Waals surface area (Å²) in [7, 11) is 0. The molecule has 0 atom stereocenters. The van der Waals surface area contributed by atoms with Crippen molar-refractivity contribution in [3.05, 3.63) is 215 Å². The summed E-state index contributed by atoms with van der Waals surface area (Å²) in [6.07, 6.45) is 0. The van der Waals surface area contributed by atoms with E-state index < -0.39 is 0 Å². The fraction of sp³-hybridized carbons (Fsp3) is 0. The summed E-state index contributed by atoms with van der Waals surface area (Å²) in [5.41, 5.74) is 18.1. The molecule has 12 rings (SSSR count). The van der Waals surface area contributed by atoms with Crippen LogP contribution in [0.25, 0.3) is 88.6 Å². The highest BCUT2D eigenvalue weighted by Gasteiger charge is 2.30. The van der Waals surface area contributed by atoms with Gasteiger partial charge in [-0.25, -0.2) is 9.98 Å².